The van der Waals surface area contributed by atoms with Crippen LogP contribution in [0.3, 0.4) is 0 Å². The summed E-state index contributed by atoms with van der Waals surface area (Å²) >= 11 is 0. The van der Waals surface area contributed by atoms with Crippen molar-refractivity contribution >= 4 is 0 Å². The van der Waals surface area contributed by atoms with Gasteiger partial charge in [-0.3, -0.25) is 0 Å². The van der Waals surface area contributed by atoms with E-state index in [-0.39, 0.29) is 0 Å². The minimum absolute atomic E-state index is 0.624. The Morgan fingerprint density at radius 3 is 2.64 bits per heavy atom. The zero-order valence-corrected chi connectivity index (χ0v) is 9.72. The predicted octanol–water partition coefficient (Wildman–Crippen LogP) is 2.75. The molecule has 0 fully saturated rings. The van der Waals surface area contributed by atoms with Gasteiger partial charge in [-0.25, -0.2) is 0 Å². The molecule has 1 atom stereocenters. The lowest BCUT2D eigenvalue weighted by Crippen LogP contribution is -2.26. The average Bonchev–Trinajstić information content (AvgIpc) is 2.22. The first kappa shape index (κ1) is 13.7. The van der Waals surface area contributed by atoms with Crippen molar-refractivity contribution in [1.29, 1.82) is 0 Å². The molecule has 0 aliphatic heterocycles. The fraction of sp³-hybridized carbons (Fsp3) is 0.833. The molecule has 2 heteroatoms. The summed E-state index contributed by atoms with van der Waals surface area (Å²) < 4.78 is 5.07. The molecular weight excluding hydrogens is 174 g/mol. The average molecular weight is 199 g/mol. The molecule has 0 aromatic carbocycles. The third-order valence-corrected chi connectivity index (χ3v) is 2.54. The van der Waals surface area contributed by atoms with Crippen molar-refractivity contribution < 1.29 is 4.74 Å². The van der Waals surface area contributed by atoms with E-state index in [2.05, 4.69) is 11.9 Å². The van der Waals surface area contributed by atoms with Crippen molar-refractivity contribution in [2.75, 3.05) is 20.8 Å². The standard InChI is InChI=1S/C12H25NO/c1-4-5-6-7-8-9-12(13-2)10-11-14-3/h4,12-13H,1,5-11H2,2-3H3. The number of unbranched alkanes of at least 4 members (excludes halogenated alkanes) is 3. The van der Waals surface area contributed by atoms with Crippen molar-refractivity contribution in [3.8, 4) is 0 Å². The van der Waals surface area contributed by atoms with E-state index >= 15 is 0 Å². The second-order valence-corrected chi connectivity index (χ2v) is 3.69. The number of hydrogen-bond acceptors (Lipinski definition) is 2. The first-order chi connectivity index (χ1) is 6.85. The summed E-state index contributed by atoms with van der Waals surface area (Å²) in [6.07, 6.45) is 9.44. The lowest BCUT2D eigenvalue weighted by molar-refractivity contribution is 0.182. The molecule has 2 nitrogen and oxygen atoms in total. The normalized spacial score (nSPS) is 12.7. The monoisotopic (exact) mass is 199 g/mol. The van der Waals surface area contributed by atoms with Gasteiger partial charge in [0.1, 0.15) is 0 Å². The number of methoxy groups -OCH3 is 1. The Balaban J connectivity index is 3.28. The van der Waals surface area contributed by atoms with Gasteiger partial charge in [-0.15, -0.1) is 6.58 Å². The maximum atomic E-state index is 5.07. The van der Waals surface area contributed by atoms with Crippen LogP contribution in [0.2, 0.25) is 0 Å². The predicted molar refractivity (Wildman–Crippen MR) is 62.6 cm³/mol. The maximum Gasteiger partial charge on any atom is 0.0477 e. The van der Waals surface area contributed by atoms with Gasteiger partial charge in [0.2, 0.25) is 0 Å². The van der Waals surface area contributed by atoms with Crippen LogP contribution in [0.5, 0.6) is 0 Å². The van der Waals surface area contributed by atoms with Crippen molar-refractivity contribution in [3.05, 3.63) is 12.7 Å². The minimum atomic E-state index is 0.624. The molecular formula is C12H25NO. The molecule has 0 aromatic heterocycles. The summed E-state index contributed by atoms with van der Waals surface area (Å²) in [6.45, 7) is 4.58. The highest BCUT2D eigenvalue weighted by Crippen LogP contribution is 2.08. The summed E-state index contributed by atoms with van der Waals surface area (Å²) in [5.74, 6) is 0. The summed E-state index contributed by atoms with van der Waals surface area (Å²) in [5, 5.41) is 3.33. The number of nitrogens with one attached hydrogen (secondary N) is 1. The van der Waals surface area contributed by atoms with E-state index < -0.39 is 0 Å². The van der Waals surface area contributed by atoms with E-state index in [1.807, 2.05) is 13.1 Å². The van der Waals surface area contributed by atoms with Crippen molar-refractivity contribution in [3.63, 3.8) is 0 Å². The molecule has 0 aliphatic carbocycles. The molecule has 0 aromatic rings. The van der Waals surface area contributed by atoms with Gasteiger partial charge in [-0.2, -0.15) is 0 Å². The van der Waals surface area contributed by atoms with Crippen molar-refractivity contribution in [1.82, 2.24) is 5.32 Å². The highest BCUT2D eigenvalue weighted by Gasteiger charge is 2.04. The van der Waals surface area contributed by atoms with Crippen LogP contribution in [0.1, 0.15) is 38.5 Å². The Morgan fingerprint density at radius 1 is 1.29 bits per heavy atom. The van der Waals surface area contributed by atoms with Gasteiger partial charge >= 0.3 is 0 Å². The summed E-state index contributed by atoms with van der Waals surface area (Å²) in [7, 11) is 3.79. The van der Waals surface area contributed by atoms with E-state index in [4.69, 9.17) is 4.74 Å². The van der Waals surface area contributed by atoms with Crippen molar-refractivity contribution in [2.24, 2.45) is 0 Å². The number of allylic oxidation sites excluding steroid dienone is 1. The highest BCUT2D eigenvalue weighted by atomic mass is 16.5. The van der Waals surface area contributed by atoms with Gasteiger partial charge in [0.25, 0.3) is 0 Å². The topological polar surface area (TPSA) is 21.3 Å². The fourth-order valence-corrected chi connectivity index (χ4v) is 1.55. The molecule has 0 aliphatic rings. The van der Waals surface area contributed by atoms with Crippen LogP contribution in [0.15, 0.2) is 12.7 Å². The molecule has 0 rings (SSSR count). The van der Waals surface area contributed by atoms with E-state index in [0.717, 1.165) is 19.4 Å². The molecule has 0 spiro atoms. The Hall–Kier alpha value is -0.340. The van der Waals surface area contributed by atoms with Gasteiger partial charge in [-0.1, -0.05) is 18.9 Å². The minimum Gasteiger partial charge on any atom is -0.385 e. The van der Waals surface area contributed by atoms with Gasteiger partial charge in [0.15, 0.2) is 0 Å². The van der Waals surface area contributed by atoms with E-state index in [0.29, 0.717) is 6.04 Å². The zero-order chi connectivity index (χ0) is 10.6. The SMILES string of the molecule is C=CCCCCCC(CCOC)NC. The largest absolute Gasteiger partial charge is 0.385 e. The third-order valence-electron chi connectivity index (χ3n) is 2.54. The maximum absolute atomic E-state index is 5.07. The smallest absolute Gasteiger partial charge is 0.0477 e. The Kier molecular flexibility index (Phi) is 10.5. The Labute approximate surface area is 88.7 Å². The summed E-state index contributed by atoms with van der Waals surface area (Å²) in [5.41, 5.74) is 0. The fourth-order valence-electron chi connectivity index (χ4n) is 1.55. The molecule has 0 heterocycles. The first-order valence-corrected chi connectivity index (χ1v) is 5.62. The number of rotatable bonds is 10. The number of ether oxygens (including phenoxy) is 1. The Bertz CT molecular complexity index is 125. The molecule has 1 unspecified atom stereocenters. The second-order valence-electron chi connectivity index (χ2n) is 3.69. The summed E-state index contributed by atoms with van der Waals surface area (Å²) in [4.78, 5) is 0. The lowest BCUT2D eigenvalue weighted by Gasteiger charge is -2.15. The molecule has 14 heavy (non-hydrogen) atoms. The van der Waals surface area contributed by atoms with Crippen LogP contribution in [-0.2, 0) is 4.74 Å². The summed E-state index contributed by atoms with van der Waals surface area (Å²) in [6, 6.07) is 0.624. The van der Waals surface area contributed by atoms with E-state index in [1.54, 1.807) is 7.11 Å². The van der Waals surface area contributed by atoms with Crippen LogP contribution in [0.4, 0.5) is 0 Å². The van der Waals surface area contributed by atoms with Crippen LogP contribution in [0.25, 0.3) is 0 Å². The zero-order valence-electron chi connectivity index (χ0n) is 9.72. The van der Waals surface area contributed by atoms with Crippen LogP contribution in [-0.4, -0.2) is 26.8 Å². The van der Waals surface area contributed by atoms with Gasteiger partial charge in [0.05, 0.1) is 0 Å². The van der Waals surface area contributed by atoms with Crippen LogP contribution in [0, 0.1) is 0 Å². The molecule has 0 saturated carbocycles. The molecule has 0 amide bonds. The van der Waals surface area contributed by atoms with E-state index in [9.17, 15) is 0 Å². The first-order valence-electron chi connectivity index (χ1n) is 5.62. The molecule has 0 radical (unpaired) electrons. The van der Waals surface area contributed by atoms with E-state index in [1.165, 1.54) is 25.7 Å². The van der Waals surface area contributed by atoms with Gasteiger partial charge in [0, 0.05) is 19.8 Å². The highest BCUT2D eigenvalue weighted by molar-refractivity contribution is 4.67. The molecule has 84 valence electrons. The van der Waals surface area contributed by atoms with Gasteiger partial charge in [-0.05, 0) is 32.7 Å². The van der Waals surface area contributed by atoms with Gasteiger partial charge < -0.3 is 10.1 Å². The van der Waals surface area contributed by atoms with Crippen molar-refractivity contribution in [2.45, 2.75) is 44.6 Å². The third kappa shape index (κ3) is 8.27. The second kappa shape index (κ2) is 10.7. The molecule has 0 saturated heterocycles. The van der Waals surface area contributed by atoms with Crippen LogP contribution >= 0.6 is 0 Å². The molecule has 0 bridgehead atoms. The molecule has 1 N–H and O–H groups in total. The Morgan fingerprint density at radius 2 is 2.07 bits per heavy atom. The quantitative estimate of drug-likeness (QED) is 0.431. The van der Waals surface area contributed by atoms with Crippen LogP contribution < -0.4 is 5.32 Å². The number of hydrogen-bond donors (Lipinski definition) is 1. The lowest BCUT2D eigenvalue weighted by atomic mass is 10.1.